The molecule has 2 saturated heterocycles. The second-order valence-electron chi connectivity index (χ2n) is 22.1. The maximum absolute atomic E-state index is 14.6. The van der Waals surface area contributed by atoms with Crippen molar-refractivity contribution in [1.82, 2.24) is 45.3 Å². The third-order valence-electron chi connectivity index (χ3n) is 16.1. The Labute approximate surface area is 448 Å². The minimum Gasteiger partial charge on any atom is -0.454 e. The average Bonchev–Trinajstić information content (AvgIpc) is 4.27. The largest absolute Gasteiger partial charge is 0.454 e. The molecule has 5 atom stereocenters. The number of rotatable bonds is 14. The van der Waals surface area contributed by atoms with Crippen LogP contribution in [0.4, 0.5) is 14.4 Å². The molecule has 5 aromatic rings. The van der Waals surface area contributed by atoms with Gasteiger partial charge in [-0.15, -0.1) is 0 Å². The van der Waals surface area contributed by atoms with Gasteiger partial charge in [0.05, 0.1) is 36.2 Å². The lowest BCUT2D eigenvalue weighted by atomic mass is 10.0. The fourth-order valence-electron chi connectivity index (χ4n) is 11.8. The number of alkyl carbamates (subject to hydrolysis) is 2. The molecule has 0 radical (unpaired) electrons. The van der Waals surface area contributed by atoms with Crippen LogP contribution in [-0.2, 0) is 36.9 Å². The zero-order chi connectivity index (χ0) is 53.3. The van der Waals surface area contributed by atoms with E-state index in [1.165, 1.54) is 0 Å². The van der Waals surface area contributed by atoms with Gasteiger partial charge in [0.1, 0.15) is 42.0 Å². The predicted octanol–water partition coefficient (Wildman–Crippen LogP) is 9.71. The molecule has 6 heterocycles. The van der Waals surface area contributed by atoms with Crippen LogP contribution in [0.2, 0.25) is 0 Å². The Morgan fingerprint density at radius 1 is 0.636 bits per heavy atom. The summed E-state index contributed by atoms with van der Waals surface area (Å²) in [7, 11) is 0. The van der Waals surface area contributed by atoms with Crippen molar-refractivity contribution in [3.63, 3.8) is 0 Å². The van der Waals surface area contributed by atoms with Crippen molar-refractivity contribution < 1.29 is 47.7 Å². The Kier molecular flexibility index (Phi) is 14.8. The number of carbonyl (C=O) groups is 5. The van der Waals surface area contributed by atoms with Crippen LogP contribution < -0.4 is 20.1 Å². The Morgan fingerprint density at radius 2 is 1.18 bits per heavy atom. The molecule has 0 bridgehead atoms. The highest BCUT2D eigenvalue weighted by Crippen LogP contribution is 2.40. The Balaban J connectivity index is 0.751. The number of imidazole rings is 2. The maximum atomic E-state index is 14.6. The summed E-state index contributed by atoms with van der Waals surface area (Å²) in [4.78, 5) is 90.1. The summed E-state index contributed by atoms with van der Waals surface area (Å²) >= 11 is 0. The second-order valence-corrected chi connectivity index (χ2v) is 22.1. The molecule has 4 aliphatic heterocycles. The zero-order valence-electron chi connectivity index (χ0n) is 44.3. The summed E-state index contributed by atoms with van der Waals surface area (Å²) in [5.41, 5.74) is 7.28. The van der Waals surface area contributed by atoms with Gasteiger partial charge in [-0.25, -0.2) is 24.4 Å². The van der Waals surface area contributed by atoms with Gasteiger partial charge in [0.25, 0.3) is 0 Å². The van der Waals surface area contributed by atoms with Gasteiger partial charge in [-0.3, -0.25) is 14.5 Å². The number of aromatic nitrogens is 4. The van der Waals surface area contributed by atoms with E-state index in [0.29, 0.717) is 49.2 Å². The van der Waals surface area contributed by atoms with Crippen LogP contribution in [0.3, 0.4) is 0 Å². The molecular formula is C58H69N9O10. The van der Waals surface area contributed by atoms with Crippen LogP contribution in [0.5, 0.6) is 11.5 Å². The molecule has 77 heavy (non-hydrogen) atoms. The van der Waals surface area contributed by atoms with Gasteiger partial charge in [0.2, 0.25) is 18.6 Å². The van der Waals surface area contributed by atoms with Gasteiger partial charge < -0.3 is 54.1 Å². The molecule has 11 rings (SSSR count). The minimum atomic E-state index is -0.889. The summed E-state index contributed by atoms with van der Waals surface area (Å²) < 4.78 is 28.6. The monoisotopic (exact) mass is 1050 g/mol. The smallest absolute Gasteiger partial charge is 0.410 e. The summed E-state index contributed by atoms with van der Waals surface area (Å²) in [6.45, 7) is 9.21. The molecule has 3 aromatic carbocycles. The number of fused-ring (bicyclic) bond motifs is 2. The number of nitrogens with one attached hydrogen (secondary N) is 4. The van der Waals surface area contributed by atoms with E-state index in [-0.39, 0.29) is 55.2 Å². The van der Waals surface area contributed by atoms with Crippen LogP contribution in [0.1, 0.15) is 133 Å². The molecule has 1 unspecified atom stereocenters. The topological polar surface area (TPSA) is 223 Å². The van der Waals surface area contributed by atoms with Gasteiger partial charge in [0.15, 0.2) is 11.5 Å². The molecule has 2 aliphatic carbocycles. The number of amides is 5. The molecule has 5 amide bonds. The Bertz CT molecular complexity index is 2930. The van der Waals surface area contributed by atoms with Crippen LogP contribution in [0.25, 0.3) is 33.6 Å². The van der Waals surface area contributed by atoms with E-state index in [1.54, 1.807) is 16.0 Å². The third-order valence-corrected chi connectivity index (χ3v) is 16.1. The van der Waals surface area contributed by atoms with Crippen LogP contribution in [0.15, 0.2) is 73.1 Å². The van der Waals surface area contributed by atoms with Gasteiger partial charge in [-0.2, -0.15) is 0 Å². The number of hydrogen-bond acceptors (Lipinski definition) is 12. The first kappa shape index (κ1) is 51.5. The first-order chi connectivity index (χ1) is 37.3. The van der Waals surface area contributed by atoms with Gasteiger partial charge in [-0.05, 0) is 116 Å². The molecule has 0 spiro atoms. The molecule has 4 N–H and O–H groups in total. The van der Waals surface area contributed by atoms with Crippen molar-refractivity contribution in [2.45, 2.75) is 154 Å². The third kappa shape index (κ3) is 11.2. The number of nitrogens with zero attached hydrogens (tertiary/aromatic N) is 5. The van der Waals surface area contributed by atoms with Crippen LogP contribution >= 0.6 is 0 Å². The highest BCUT2D eigenvalue weighted by Gasteiger charge is 2.44. The van der Waals surface area contributed by atoms with Crippen molar-refractivity contribution in [2.75, 3.05) is 19.9 Å². The van der Waals surface area contributed by atoms with Crippen LogP contribution in [0, 0.1) is 11.8 Å². The number of H-pyrrole nitrogens is 2. The normalized spacial score (nSPS) is 21.0. The molecule has 6 aliphatic rings. The Hall–Kier alpha value is -7.57. The fourth-order valence-corrected chi connectivity index (χ4v) is 11.8. The summed E-state index contributed by atoms with van der Waals surface area (Å²) in [5, 5.41) is 5.74. The maximum Gasteiger partial charge on any atom is 0.410 e. The number of ether oxygens (including phenoxy) is 5. The summed E-state index contributed by atoms with van der Waals surface area (Å²) in [5.74, 6) is 1.73. The number of aromatic amines is 2. The molecule has 19 heteroatoms. The second kappa shape index (κ2) is 22.2. The average molecular weight is 1050 g/mol. The van der Waals surface area contributed by atoms with Crippen molar-refractivity contribution in [2.24, 2.45) is 11.8 Å². The van der Waals surface area contributed by atoms with E-state index in [2.05, 4.69) is 32.7 Å². The van der Waals surface area contributed by atoms with E-state index >= 15 is 0 Å². The number of hydrogen-bond donors (Lipinski definition) is 4. The van der Waals surface area contributed by atoms with E-state index < -0.39 is 42.5 Å². The van der Waals surface area contributed by atoms with Crippen molar-refractivity contribution >= 4 is 30.1 Å². The highest BCUT2D eigenvalue weighted by molar-refractivity contribution is 5.87. The standard InChI is InChI=1S/C58H69N9O10/c1-33(2)50(63-56(70)75-41-10-5-6-11-41)54(68)66-23-9-14-46(66)52-59-27-44(61-52)37-19-15-35(16-20-37)36-17-21-38(22-18-36)45-28-60-53(62-45)47-26-43(77-58(72)65-29-39-24-48-49(74-32-73-48)25-40(39)30-65)31-67(47)55(69)51(34(3)4)64-57(71)76-42-12-7-8-13-42/h15-22,24-25,27-28,33-34,41-43,46-47,50-51H,5-14,23,26,29-32H2,1-4H3,(H,59,61)(H,60,62)(H,63,70)(H,64,71)/t43-,46+,47+,50?,51+/m1/s1. The molecule has 2 aromatic heterocycles. The van der Waals surface area contributed by atoms with E-state index in [9.17, 15) is 24.0 Å². The van der Waals surface area contributed by atoms with Crippen LogP contribution in [-0.4, -0.2) is 115 Å². The quantitative estimate of drug-likeness (QED) is 0.0764. The number of carbonyl (C=O) groups excluding carboxylic acids is 5. The molecule has 2 saturated carbocycles. The van der Waals surface area contributed by atoms with Crippen molar-refractivity contribution in [3.8, 4) is 45.1 Å². The first-order valence-corrected chi connectivity index (χ1v) is 27.6. The SMILES string of the molecule is CC(C)C(NC(=O)OC1CCCC1)C(=O)N1CCC[C@H]1c1nc(-c2ccc(-c3ccc(-c4cnc([C@@H]5C[C@@H](OC(=O)N6Cc7cc8c(cc7C6)OCO8)CN5C(=O)[C@@H](NC(=O)OC5CCCC5)C(C)C)[nH]4)cc3)cc2)c[nH]1. The van der Waals surface area contributed by atoms with Gasteiger partial charge in [-0.1, -0.05) is 76.2 Å². The van der Waals surface area contributed by atoms with Gasteiger partial charge >= 0.3 is 18.3 Å². The van der Waals surface area contributed by atoms with E-state index in [4.69, 9.17) is 33.7 Å². The molecule has 4 fully saturated rings. The number of likely N-dealkylation sites (tertiary alicyclic amines) is 2. The molecule has 406 valence electrons. The van der Waals surface area contributed by atoms with Crippen molar-refractivity contribution in [1.29, 1.82) is 0 Å². The lowest BCUT2D eigenvalue weighted by molar-refractivity contribution is -0.136. The predicted molar refractivity (Wildman–Crippen MR) is 283 cm³/mol. The van der Waals surface area contributed by atoms with Gasteiger partial charge in [0, 0.05) is 37.8 Å². The lowest BCUT2D eigenvalue weighted by Gasteiger charge is -2.30. The first-order valence-electron chi connectivity index (χ1n) is 27.6. The molecule has 19 nitrogen and oxygen atoms in total. The Morgan fingerprint density at radius 3 is 1.75 bits per heavy atom. The fraction of sp³-hybridized carbons (Fsp3) is 0.500. The van der Waals surface area contributed by atoms with E-state index in [0.717, 1.165) is 109 Å². The lowest BCUT2D eigenvalue weighted by Crippen LogP contribution is -2.52. The number of benzene rings is 3. The summed E-state index contributed by atoms with van der Waals surface area (Å²) in [6, 6.07) is 17.7. The van der Waals surface area contributed by atoms with Crippen molar-refractivity contribution in [3.05, 3.63) is 95.8 Å². The highest BCUT2D eigenvalue weighted by atomic mass is 16.7. The molecular weight excluding hydrogens is 983 g/mol. The van der Waals surface area contributed by atoms with E-state index in [1.807, 2.05) is 87.3 Å². The minimum absolute atomic E-state index is 0.0879. The summed E-state index contributed by atoms with van der Waals surface area (Å²) in [6.07, 6.45) is 10.4. The zero-order valence-corrected chi connectivity index (χ0v) is 44.3.